The molecule has 5 nitrogen and oxygen atoms in total. The number of pyridine rings is 2. The number of nitrogens with zero attached hydrogens (tertiary/aromatic N) is 3. The van der Waals surface area contributed by atoms with Gasteiger partial charge >= 0.3 is 0 Å². The lowest BCUT2D eigenvalue weighted by molar-refractivity contribution is -0.122. The number of hydrogen-bond acceptors (Lipinski definition) is 3. The van der Waals surface area contributed by atoms with E-state index in [1.165, 1.54) is 0 Å². The predicted molar refractivity (Wildman–Crippen MR) is 95.5 cm³/mol. The summed E-state index contributed by atoms with van der Waals surface area (Å²) in [5.41, 5.74) is 2.51. The SMILES string of the molecule is CC(C)(C)NC(=O)CCn1c(-c2ccccn2)cc2cccnc21. The molecule has 0 radical (unpaired) electrons. The second-order valence-corrected chi connectivity index (χ2v) is 6.86. The third kappa shape index (κ3) is 3.62. The van der Waals surface area contributed by atoms with Gasteiger partial charge in [0.25, 0.3) is 0 Å². The van der Waals surface area contributed by atoms with E-state index in [0.29, 0.717) is 13.0 Å². The van der Waals surface area contributed by atoms with Gasteiger partial charge in [-0.15, -0.1) is 0 Å². The molecule has 5 heteroatoms. The molecule has 0 aliphatic heterocycles. The highest BCUT2D eigenvalue weighted by Crippen LogP contribution is 2.26. The molecule has 124 valence electrons. The van der Waals surface area contributed by atoms with E-state index in [-0.39, 0.29) is 11.4 Å². The van der Waals surface area contributed by atoms with Crippen molar-refractivity contribution in [1.82, 2.24) is 19.9 Å². The van der Waals surface area contributed by atoms with Crippen molar-refractivity contribution >= 4 is 16.9 Å². The highest BCUT2D eigenvalue weighted by atomic mass is 16.1. The molecule has 0 unspecified atom stereocenters. The van der Waals surface area contributed by atoms with E-state index >= 15 is 0 Å². The zero-order valence-electron chi connectivity index (χ0n) is 14.3. The van der Waals surface area contributed by atoms with Gasteiger partial charge in [0.1, 0.15) is 5.65 Å². The quantitative estimate of drug-likeness (QED) is 0.801. The normalized spacial score (nSPS) is 11.6. The van der Waals surface area contributed by atoms with Crippen LogP contribution in [0.2, 0.25) is 0 Å². The van der Waals surface area contributed by atoms with E-state index in [9.17, 15) is 4.79 Å². The van der Waals surface area contributed by atoms with Crippen LogP contribution in [-0.4, -0.2) is 26.0 Å². The third-order valence-electron chi connectivity index (χ3n) is 3.66. The number of amides is 1. The van der Waals surface area contributed by atoms with Gasteiger partial charge in [-0.1, -0.05) is 6.07 Å². The number of aryl methyl sites for hydroxylation is 1. The number of carbonyl (C=O) groups is 1. The fourth-order valence-electron chi connectivity index (χ4n) is 2.73. The van der Waals surface area contributed by atoms with Crippen molar-refractivity contribution in [1.29, 1.82) is 0 Å². The highest BCUT2D eigenvalue weighted by molar-refractivity contribution is 5.84. The Balaban J connectivity index is 1.92. The summed E-state index contributed by atoms with van der Waals surface area (Å²) in [4.78, 5) is 21.1. The summed E-state index contributed by atoms with van der Waals surface area (Å²) < 4.78 is 2.07. The van der Waals surface area contributed by atoms with E-state index in [2.05, 4.69) is 25.9 Å². The molecule has 3 aromatic heterocycles. The number of hydrogen-bond donors (Lipinski definition) is 1. The van der Waals surface area contributed by atoms with E-state index in [1.807, 2.05) is 51.1 Å². The topological polar surface area (TPSA) is 59.8 Å². The lowest BCUT2D eigenvalue weighted by atomic mass is 10.1. The van der Waals surface area contributed by atoms with Crippen molar-refractivity contribution in [2.24, 2.45) is 0 Å². The van der Waals surface area contributed by atoms with Crippen LogP contribution >= 0.6 is 0 Å². The van der Waals surface area contributed by atoms with Crippen LogP contribution < -0.4 is 5.32 Å². The van der Waals surface area contributed by atoms with Gasteiger partial charge in [-0.2, -0.15) is 0 Å². The summed E-state index contributed by atoms with van der Waals surface area (Å²) in [6, 6.07) is 11.9. The van der Waals surface area contributed by atoms with Crippen LogP contribution in [0.4, 0.5) is 0 Å². The average molecular weight is 322 g/mol. The zero-order valence-corrected chi connectivity index (χ0v) is 14.3. The smallest absolute Gasteiger partial charge is 0.222 e. The molecule has 0 saturated heterocycles. The van der Waals surface area contributed by atoms with E-state index in [0.717, 1.165) is 22.4 Å². The predicted octanol–water partition coefficient (Wildman–Crippen LogP) is 3.40. The Hall–Kier alpha value is -2.69. The van der Waals surface area contributed by atoms with Crippen LogP contribution in [-0.2, 0) is 11.3 Å². The van der Waals surface area contributed by atoms with Gasteiger partial charge in [-0.05, 0) is 51.1 Å². The summed E-state index contributed by atoms with van der Waals surface area (Å²) in [5.74, 6) is 0.0345. The average Bonchev–Trinajstić information content (AvgIpc) is 2.91. The summed E-state index contributed by atoms with van der Waals surface area (Å²) in [6.07, 6.45) is 3.95. The zero-order chi connectivity index (χ0) is 17.2. The summed E-state index contributed by atoms with van der Waals surface area (Å²) in [7, 11) is 0. The van der Waals surface area contributed by atoms with Crippen molar-refractivity contribution in [2.45, 2.75) is 39.3 Å². The molecular weight excluding hydrogens is 300 g/mol. The van der Waals surface area contributed by atoms with Crippen LogP contribution in [0.1, 0.15) is 27.2 Å². The fraction of sp³-hybridized carbons (Fsp3) is 0.316. The Labute approximate surface area is 141 Å². The van der Waals surface area contributed by atoms with Crippen LogP contribution in [0, 0.1) is 0 Å². The van der Waals surface area contributed by atoms with Crippen LogP contribution in [0.5, 0.6) is 0 Å². The monoisotopic (exact) mass is 322 g/mol. The van der Waals surface area contributed by atoms with E-state index in [4.69, 9.17) is 0 Å². The van der Waals surface area contributed by atoms with Crippen LogP contribution in [0.3, 0.4) is 0 Å². The lowest BCUT2D eigenvalue weighted by Crippen LogP contribution is -2.40. The Morgan fingerprint density at radius 2 is 1.92 bits per heavy atom. The Bertz CT molecular complexity index is 847. The second kappa shape index (κ2) is 6.43. The Kier molecular flexibility index (Phi) is 4.34. The first kappa shape index (κ1) is 16.2. The van der Waals surface area contributed by atoms with E-state index in [1.54, 1.807) is 12.4 Å². The van der Waals surface area contributed by atoms with Gasteiger partial charge in [0.2, 0.25) is 5.91 Å². The van der Waals surface area contributed by atoms with Crippen molar-refractivity contribution < 1.29 is 4.79 Å². The molecule has 24 heavy (non-hydrogen) atoms. The number of aromatic nitrogens is 3. The molecule has 0 aliphatic rings. The molecule has 3 aromatic rings. The van der Waals surface area contributed by atoms with Gasteiger partial charge in [0.15, 0.2) is 0 Å². The van der Waals surface area contributed by atoms with Gasteiger partial charge < -0.3 is 9.88 Å². The summed E-state index contributed by atoms with van der Waals surface area (Å²) in [6.45, 7) is 6.51. The first-order valence-electron chi connectivity index (χ1n) is 8.11. The first-order chi connectivity index (χ1) is 11.4. The first-order valence-corrected chi connectivity index (χ1v) is 8.11. The molecule has 0 atom stereocenters. The molecule has 0 aliphatic carbocycles. The van der Waals surface area contributed by atoms with Crippen LogP contribution in [0.15, 0.2) is 48.8 Å². The van der Waals surface area contributed by atoms with Crippen molar-refractivity contribution in [3.05, 3.63) is 48.8 Å². The minimum Gasteiger partial charge on any atom is -0.351 e. The number of fused-ring (bicyclic) bond motifs is 1. The van der Waals surface area contributed by atoms with Crippen molar-refractivity contribution in [3.63, 3.8) is 0 Å². The Morgan fingerprint density at radius 3 is 2.62 bits per heavy atom. The Morgan fingerprint density at radius 1 is 1.12 bits per heavy atom. The molecule has 0 fully saturated rings. The molecule has 0 aromatic carbocycles. The summed E-state index contributed by atoms with van der Waals surface area (Å²) in [5, 5.41) is 4.05. The molecule has 0 bridgehead atoms. The lowest BCUT2D eigenvalue weighted by Gasteiger charge is -2.20. The number of rotatable bonds is 4. The minimum absolute atomic E-state index is 0.0345. The van der Waals surface area contributed by atoms with Gasteiger partial charge in [0, 0.05) is 36.3 Å². The standard InChI is InChI=1S/C19H22N4O/c1-19(2,3)22-17(24)9-12-23-16(15-8-4-5-10-20-15)13-14-7-6-11-21-18(14)23/h4-8,10-11,13H,9,12H2,1-3H3,(H,22,24). The van der Waals surface area contributed by atoms with E-state index < -0.39 is 0 Å². The van der Waals surface area contributed by atoms with Gasteiger partial charge in [0.05, 0.1) is 11.4 Å². The van der Waals surface area contributed by atoms with Gasteiger partial charge in [-0.25, -0.2) is 4.98 Å². The number of carbonyl (C=O) groups excluding carboxylic acids is 1. The third-order valence-corrected chi connectivity index (χ3v) is 3.66. The number of nitrogens with one attached hydrogen (secondary N) is 1. The highest BCUT2D eigenvalue weighted by Gasteiger charge is 2.16. The largest absolute Gasteiger partial charge is 0.351 e. The molecular formula is C19H22N4O. The molecule has 0 spiro atoms. The second-order valence-electron chi connectivity index (χ2n) is 6.86. The molecule has 0 saturated carbocycles. The fourth-order valence-corrected chi connectivity index (χ4v) is 2.73. The molecule has 1 N–H and O–H groups in total. The maximum atomic E-state index is 12.2. The summed E-state index contributed by atoms with van der Waals surface area (Å²) >= 11 is 0. The molecule has 3 heterocycles. The van der Waals surface area contributed by atoms with Gasteiger partial charge in [-0.3, -0.25) is 9.78 Å². The maximum absolute atomic E-state index is 12.2. The molecule has 3 rings (SSSR count). The van der Waals surface area contributed by atoms with Crippen molar-refractivity contribution in [2.75, 3.05) is 0 Å². The van der Waals surface area contributed by atoms with Crippen LogP contribution in [0.25, 0.3) is 22.4 Å². The molecule has 1 amide bonds. The maximum Gasteiger partial charge on any atom is 0.222 e. The minimum atomic E-state index is -0.224. The van der Waals surface area contributed by atoms with Crippen molar-refractivity contribution in [3.8, 4) is 11.4 Å².